The summed E-state index contributed by atoms with van der Waals surface area (Å²) in [5, 5.41) is 123. The van der Waals surface area contributed by atoms with E-state index in [1.54, 1.807) is 42.2 Å². The van der Waals surface area contributed by atoms with E-state index in [0.717, 1.165) is 37.0 Å². The summed E-state index contributed by atoms with van der Waals surface area (Å²) in [5.74, 6) is 0.458. The van der Waals surface area contributed by atoms with Gasteiger partial charge in [-0.25, -0.2) is 14.6 Å². The van der Waals surface area contributed by atoms with Gasteiger partial charge in [0.05, 0.1) is 36.4 Å². The van der Waals surface area contributed by atoms with Gasteiger partial charge in [-0.05, 0) is 136 Å². The first-order valence-electron chi connectivity index (χ1n) is 35.2. The standard InChI is InChI=1S/C15H25N2O4P.C15H27N2O4P.C14H23N2O4P.C14H23N2O3PS.C13H22N3O4P/c1-9-10(8-17(2)15(20)16-9)14-13(19)12(18)11(21-14)6-7-22(3,4)5;1-9-8-17(10(2)16-14(9)20)15-13(19)12(18)11(21-15)6-7-22(3,4)5;1-8-9(7-15-14(19)16-8)13-12(18)11(17)10(20-13)5-6-21(2,3)4;1-9-15-11(21)5-7-16(9)14-13(18)12(17)10(19-14)6-8-20(2,3)4;1-8-15-10(17)7-14-16(8)13-12(19)11(18)9(20-13)5-6-21(2,3)4/h8,11-14,18-19H,1,3,6-7H2,2,4-5H3,(H,16,20);9,11-13,15,18-19H,2-3,6-8H2,1,4-5H3,(H,16,20);7,10-13,17-18H,1-2,5-6H2,3-4H3,(H2,15,16,19);5,7,10,12-14,17-18H,1-2,6,8H2,3-4H3,(H,15,21);7,9,11-13,18-19H,1-2,5-6H2,3-4H3,(H,15,17)/t11-,12-,13-,14+;9?,11-,12-,13-,15-;10-,11-,12-,13+;10-,12-,13-,14-;9-,11-,12-,13-/m11111/s1. The lowest BCUT2D eigenvalue weighted by molar-refractivity contribution is -0.133. The average Bonchev–Trinajstić information content (AvgIpc) is 1.70. The number of nitrogens with zero attached hydrogens (tertiary/aromatic N) is 5. The molecule has 6 saturated heterocycles. The average molecular weight is 1620 g/mol. The fourth-order valence-electron chi connectivity index (χ4n) is 12.5. The SMILES string of the molecule is C=C1NC(=O)C(C)CN1[C@@H]1O[C@H](CCP(=C)(C)C)[C@@H](O)[C@H]1O.C=C1NC(=O)C=NN1[C@@H]1O[C@H](CCP(=C)(C)C)[C@@H](O)[C@H]1O.C=C1NC(=O)N(C)C=C1[C@@H]1O[C@H](CCP(=C)(C)C)[C@@H](O)[C@H]1O.C=C1NC(=O)NC=C1[C@@H]1O[C@H](CCP(=C)(C)C)[C@@H](O)[C@H]1O.C=C1NC(=S)C=CN1[C@@H]1O[C@H](CCP(=C)(C)C)[C@@H](O)[C@H]1O. The van der Waals surface area contributed by atoms with Crippen LogP contribution in [0.3, 0.4) is 0 Å². The van der Waals surface area contributed by atoms with Crippen LogP contribution in [0.15, 0.2) is 103 Å². The van der Waals surface area contributed by atoms with Crippen molar-refractivity contribution in [1.82, 2.24) is 51.6 Å². The minimum Gasteiger partial charge on any atom is -0.388 e. The number of hydrogen-bond donors (Lipinski definition) is 16. The Morgan fingerprint density at radius 2 is 0.888 bits per heavy atom. The fraction of sp³-hybridized carbons (Fsp3) is 0.620. The highest BCUT2D eigenvalue weighted by Crippen LogP contribution is 2.44. The second-order valence-corrected chi connectivity index (χ2v) is 54.0. The first-order valence-corrected chi connectivity index (χ1v) is 50.9. The quantitative estimate of drug-likeness (QED) is 0.0600. The highest BCUT2D eigenvalue weighted by molar-refractivity contribution is 7.80. The lowest BCUT2D eigenvalue weighted by Gasteiger charge is -2.39. The lowest BCUT2D eigenvalue weighted by Crippen LogP contribution is -2.54. The van der Waals surface area contributed by atoms with Crippen molar-refractivity contribution < 1.29 is 93.9 Å². The number of hydrogen-bond acceptors (Lipinski definition) is 24. The monoisotopic (exact) mass is 1620 g/mol. The molecule has 0 spiro atoms. The minimum absolute atomic E-state index is 0.0885. The van der Waals surface area contributed by atoms with Gasteiger partial charge in [-0.3, -0.25) is 9.59 Å². The van der Waals surface area contributed by atoms with Crippen molar-refractivity contribution in [2.75, 3.05) is 111 Å². The van der Waals surface area contributed by atoms with Crippen LogP contribution in [-0.4, -0.2) is 371 Å². The van der Waals surface area contributed by atoms with Gasteiger partial charge in [-0.2, -0.15) is 5.10 Å². The molecule has 30 nitrogen and oxygen atoms in total. The molecule has 0 aromatic heterocycles. The second-order valence-electron chi connectivity index (χ2n) is 32.0. The molecule has 21 atom stereocenters. The van der Waals surface area contributed by atoms with Crippen LogP contribution >= 0.6 is 46.6 Å². The zero-order chi connectivity index (χ0) is 80.7. The molecule has 107 heavy (non-hydrogen) atoms. The Labute approximate surface area is 636 Å². The van der Waals surface area contributed by atoms with Crippen LogP contribution in [0.5, 0.6) is 0 Å². The molecule has 10 aliphatic rings. The molecule has 6 fully saturated rings. The maximum Gasteiger partial charge on any atom is 0.325 e. The van der Waals surface area contributed by atoms with E-state index in [4.69, 9.17) is 35.9 Å². The second kappa shape index (κ2) is 37.7. The van der Waals surface area contributed by atoms with Gasteiger partial charge in [0.25, 0.3) is 5.91 Å². The number of carbonyl (C=O) groups excluding carboxylic acids is 4. The summed E-state index contributed by atoms with van der Waals surface area (Å²) in [6, 6.07) is -0.668. The summed E-state index contributed by atoms with van der Waals surface area (Å²) in [6.45, 7) is 36.3. The molecule has 10 rings (SSSR count). The van der Waals surface area contributed by atoms with Gasteiger partial charge in [0.1, 0.15) is 102 Å². The Bertz CT molecular complexity index is 3610. The van der Waals surface area contributed by atoms with Crippen molar-refractivity contribution >= 4 is 113 Å². The van der Waals surface area contributed by atoms with Gasteiger partial charge >= 0.3 is 12.1 Å². The molecular weight excluding hydrogens is 1500 g/mol. The van der Waals surface area contributed by atoms with Crippen molar-refractivity contribution in [1.29, 1.82) is 0 Å². The number of urea groups is 2. The molecule has 0 aliphatic carbocycles. The zero-order valence-corrected chi connectivity index (χ0v) is 69.2. The third-order valence-electron chi connectivity index (χ3n) is 18.8. The van der Waals surface area contributed by atoms with Crippen LogP contribution in [0, 0.1) is 5.92 Å². The van der Waals surface area contributed by atoms with Crippen molar-refractivity contribution in [2.45, 2.75) is 161 Å². The summed E-state index contributed by atoms with van der Waals surface area (Å²) in [5.41, 5.74) is 1.90. The van der Waals surface area contributed by atoms with E-state index in [0.29, 0.717) is 77.8 Å². The molecule has 10 aliphatic heterocycles. The van der Waals surface area contributed by atoms with Crippen LogP contribution in [0.1, 0.15) is 39.0 Å². The number of hydrazone groups is 1. The first kappa shape index (κ1) is 91.1. The predicted octanol–water partition coefficient (Wildman–Crippen LogP) is 1.16. The summed E-state index contributed by atoms with van der Waals surface area (Å²) in [6.07, 6.45) is 20.3. The number of nitrogens with one attached hydrogen (secondary N) is 6. The molecule has 36 heteroatoms. The molecule has 16 N–H and O–H groups in total. The number of ether oxygens (including phenoxy) is 5. The Morgan fingerprint density at radius 3 is 1.32 bits per heavy atom. The topological polar surface area (TPSA) is 414 Å². The molecule has 0 saturated carbocycles. The molecule has 0 aromatic rings. The van der Waals surface area contributed by atoms with Crippen LogP contribution < -0.4 is 31.9 Å². The predicted molar refractivity (Wildman–Crippen MR) is 439 cm³/mol. The number of amides is 6. The number of carbonyl (C=O) groups is 4. The molecule has 0 bridgehead atoms. The Kier molecular flexibility index (Phi) is 32.1. The van der Waals surface area contributed by atoms with E-state index in [1.807, 2.05) is 0 Å². The highest BCUT2D eigenvalue weighted by atomic mass is 32.1. The van der Waals surface area contributed by atoms with Crippen molar-refractivity contribution in [3.8, 4) is 0 Å². The lowest BCUT2D eigenvalue weighted by atomic mass is 9.99. The van der Waals surface area contributed by atoms with E-state index < -0.39 is 151 Å². The normalized spacial score (nSPS) is 34.0. The van der Waals surface area contributed by atoms with Crippen molar-refractivity contribution in [2.24, 2.45) is 11.0 Å². The number of aliphatic hydroxyl groups excluding tert-OH is 10. The highest BCUT2D eigenvalue weighted by Gasteiger charge is 2.51. The van der Waals surface area contributed by atoms with E-state index >= 15 is 0 Å². The maximum atomic E-state index is 11.6. The third kappa shape index (κ3) is 25.9. The molecule has 6 amide bonds. The van der Waals surface area contributed by atoms with Crippen LogP contribution in [0.2, 0.25) is 0 Å². The van der Waals surface area contributed by atoms with Gasteiger partial charge in [-0.1, -0.05) is 52.0 Å². The van der Waals surface area contributed by atoms with E-state index in [1.165, 1.54) is 16.1 Å². The Morgan fingerprint density at radius 1 is 0.495 bits per heavy atom. The van der Waals surface area contributed by atoms with Gasteiger partial charge in [0, 0.05) is 54.7 Å². The third-order valence-corrected chi connectivity index (χ3v) is 26.4. The largest absolute Gasteiger partial charge is 0.388 e. The number of thiocarbonyl (C=S) groups is 1. The smallest absolute Gasteiger partial charge is 0.325 e. The van der Waals surface area contributed by atoms with E-state index in [2.05, 4.69) is 168 Å². The van der Waals surface area contributed by atoms with Gasteiger partial charge < -0.3 is 121 Å². The van der Waals surface area contributed by atoms with Gasteiger partial charge in [0.2, 0.25) is 5.91 Å². The van der Waals surface area contributed by atoms with Crippen LogP contribution in [-0.2, 0) is 33.3 Å². The van der Waals surface area contributed by atoms with E-state index in [-0.39, 0.29) is 41.7 Å². The first-order chi connectivity index (χ1) is 49.3. The molecule has 10 heterocycles. The zero-order valence-electron chi connectivity index (χ0n) is 63.9. The van der Waals surface area contributed by atoms with Crippen molar-refractivity contribution in [3.63, 3.8) is 0 Å². The van der Waals surface area contributed by atoms with Crippen LogP contribution in [0.4, 0.5) is 9.59 Å². The number of rotatable bonds is 20. The van der Waals surface area contributed by atoms with Crippen molar-refractivity contribution in [3.05, 3.63) is 97.6 Å². The number of aliphatic hydroxyl groups is 10. The van der Waals surface area contributed by atoms with Gasteiger partial charge in [0.15, 0.2) is 18.7 Å². The molecule has 0 aromatic carbocycles. The summed E-state index contributed by atoms with van der Waals surface area (Å²) < 4.78 is 29.1. The Hall–Kier alpha value is -4.74. The molecule has 604 valence electrons. The summed E-state index contributed by atoms with van der Waals surface area (Å²) >= 11 is 5.03. The van der Waals surface area contributed by atoms with Crippen LogP contribution in [0.25, 0.3) is 0 Å². The molecule has 1 unspecified atom stereocenters. The Balaban J connectivity index is 0.000000209. The summed E-state index contributed by atoms with van der Waals surface area (Å²) in [4.78, 5) is 50.8. The van der Waals surface area contributed by atoms with E-state index in [9.17, 15) is 70.2 Å². The fourth-order valence-corrected chi connectivity index (χ4v) is 17.5. The maximum absolute atomic E-state index is 11.6. The molecule has 0 radical (unpaired) electrons. The van der Waals surface area contributed by atoms with Gasteiger partial charge in [-0.15, -0.1) is 65.9 Å². The minimum atomic E-state index is -1.23. The summed E-state index contributed by atoms with van der Waals surface area (Å²) in [7, 11) is 1.60. The molecular formula is C71H120N11O19P5S.